The maximum absolute atomic E-state index is 11.7. The van der Waals surface area contributed by atoms with Gasteiger partial charge in [0, 0.05) is 21.5 Å². The highest BCUT2D eigenvalue weighted by Gasteiger charge is 2.09. The molecule has 2 aromatic rings. The first-order valence-corrected chi connectivity index (χ1v) is 7.49. The molecule has 0 spiro atoms. The van der Waals surface area contributed by atoms with Crippen LogP contribution < -0.4 is 10.9 Å². The van der Waals surface area contributed by atoms with Gasteiger partial charge in [-0.1, -0.05) is 12.1 Å². The minimum absolute atomic E-state index is 0.226. The summed E-state index contributed by atoms with van der Waals surface area (Å²) in [4.78, 5) is 34.7. The quantitative estimate of drug-likeness (QED) is 0.599. The van der Waals surface area contributed by atoms with Crippen LogP contribution in [0.4, 0.5) is 5.69 Å². The first-order valence-electron chi connectivity index (χ1n) is 6.41. The molecule has 6 nitrogen and oxygen atoms in total. The highest BCUT2D eigenvalue weighted by atomic mass is 127. The number of benzene rings is 1. The summed E-state index contributed by atoms with van der Waals surface area (Å²) in [6, 6.07) is 11.8. The summed E-state index contributed by atoms with van der Waals surface area (Å²) in [7, 11) is 0. The lowest BCUT2D eigenvalue weighted by atomic mass is 10.3. The molecule has 0 bridgehead atoms. The number of pyridine rings is 1. The fourth-order valence-corrected chi connectivity index (χ4v) is 2.23. The molecule has 1 N–H and O–H groups in total. The number of esters is 1. The molecule has 22 heavy (non-hydrogen) atoms. The minimum atomic E-state index is -0.647. The summed E-state index contributed by atoms with van der Waals surface area (Å²) in [5.74, 6) is -1.08. The molecule has 0 fully saturated rings. The SMILES string of the molecule is O=C(COC(=O)Cn1ccccc1=O)Nc1cccc(I)c1. The molecule has 0 saturated heterocycles. The van der Waals surface area contributed by atoms with Crippen molar-refractivity contribution >= 4 is 40.2 Å². The van der Waals surface area contributed by atoms with Gasteiger partial charge < -0.3 is 14.6 Å². The molecule has 7 heteroatoms. The molecule has 0 atom stereocenters. The molecule has 0 aliphatic heterocycles. The molecule has 1 aromatic carbocycles. The van der Waals surface area contributed by atoms with Crippen LogP contribution >= 0.6 is 22.6 Å². The van der Waals surface area contributed by atoms with Crippen molar-refractivity contribution in [3.8, 4) is 0 Å². The van der Waals surface area contributed by atoms with Crippen molar-refractivity contribution < 1.29 is 14.3 Å². The molecule has 0 aliphatic rings. The average molecular weight is 412 g/mol. The third kappa shape index (κ3) is 4.99. The van der Waals surface area contributed by atoms with Crippen molar-refractivity contribution in [1.82, 2.24) is 4.57 Å². The van der Waals surface area contributed by atoms with E-state index in [1.165, 1.54) is 16.8 Å². The van der Waals surface area contributed by atoms with Crippen LogP contribution in [0.2, 0.25) is 0 Å². The van der Waals surface area contributed by atoms with E-state index in [0.717, 1.165) is 3.57 Å². The molecule has 1 heterocycles. The van der Waals surface area contributed by atoms with Crippen molar-refractivity contribution in [2.75, 3.05) is 11.9 Å². The summed E-state index contributed by atoms with van der Waals surface area (Å²) in [6.07, 6.45) is 1.48. The van der Waals surface area contributed by atoms with Gasteiger partial charge in [-0.15, -0.1) is 0 Å². The van der Waals surface area contributed by atoms with Crippen LogP contribution in [0.25, 0.3) is 0 Å². The zero-order valence-corrected chi connectivity index (χ0v) is 13.6. The normalized spacial score (nSPS) is 10.0. The van der Waals surface area contributed by atoms with Gasteiger partial charge in [0.05, 0.1) is 0 Å². The van der Waals surface area contributed by atoms with Crippen molar-refractivity contribution in [3.05, 3.63) is 62.6 Å². The van der Waals surface area contributed by atoms with Crippen molar-refractivity contribution in [2.24, 2.45) is 0 Å². The molecule has 1 amide bonds. The second-order valence-electron chi connectivity index (χ2n) is 4.39. The van der Waals surface area contributed by atoms with E-state index in [9.17, 15) is 14.4 Å². The van der Waals surface area contributed by atoms with Gasteiger partial charge in [-0.3, -0.25) is 14.4 Å². The highest BCUT2D eigenvalue weighted by molar-refractivity contribution is 14.1. The molecule has 114 valence electrons. The Labute approximate surface area is 140 Å². The minimum Gasteiger partial charge on any atom is -0.454 e. The Hall–Kier alpha value is -2.16. The largest absolute Gasteiger partial charge is 0.454 e. The average Bonchev–Trinajstić information content (AvgIpc) is 2.48. The van der Waals surface area contributed by atoms with Crippen LogP contribution in [0.5, 0.6) is 0 Å². The van der Waals surface area contributed by atoms with Gasteiger partial charge in [0.25, 0.3) is 11.5 Å². The summed E-state index contributed by atoms with van der Waals surface area (Å²) in [6.45, 7) is -0.623. The van der Waals surface area contributed by atoms with Gasteiger partial charge in [0.2, 0.25) is 0 Å². The zero-order valence-electron chi connectivity index (χ0n) is 11.5. The van der Waals surface area contributed by atoms with Gasteiger partial charge in [0.1, 0.15) is 6.54 Å². The Morgan fingerprint density at radius 1 is 1.18 bits per heavy atom. The summed E-state index contributed by atoms with van der Waals surface area (Å²) in [5.41, 5.74) is 0.329. The summed E-state index contributed by atoms with van der Waals surface area (Å²) in [5, 5.41) is 2.62. The van der Waals surface area contributed by atoms with E-state index in [4.69, 9.17) is 4.74 Å². The topological polar surface area (TPSA) is 77.4 Å². The standard InChI is InChI=1S/C15H13IN2O4/c16-11-4-3-5-12(8-11)17-13(19)10-22-15(21)9-18-7-2-1-6-14(18)20/h1-8H,9-10H2,(H,17,19). The van der Waals surface area contributed by atoms with Crippen LogP contribution in [0, 0.1) is 3.57 Å². The molecule has 0 unspecified atom stereocenters. The van der Waals surface area contributed by atoms with Crippen LogP contribution in [0.15, 0.2) is 53.5 Å². The fraction of sp³-hybridized carbons (Fsp3) is 0.133. The third-order valence-corrected chi connectivity index (χ3v) is 3.34. The van der Waals surface area contributed by atoms with E-state index in [1.54, 1.807) is 24.3 Å². The highest BCUT2D eigenvalue weighted by Crippen LogP contribution is 2.12. The van der Waals surface area contributed by atoms with Gasteiger partial charge in [-0.2, -0.15) is 0 Å². The molecule has 2 rings (SSSR count). The number of carbonyl (C=O) groups excluding carboxylic acids is 2. The Morgan fingerprint density at radius 2 is 2.00 bits per heavy atom. The predicted molar refractivity (Wildman–Crippen MR) is 89.4 cm³/mol. The fourth-order valence-electron chi connectivity index (χ4n) is 1.69. The van der Waals surface area contributed by atoms with Crippen molar-refractivity contribution in [1.29, 1.82) is 0 Å². The van der Waals surface area contributed by atoms with Crippen molar-refractivity contribution in [3.63, 3.8) is 0 Å². The van der Waals surface area contributed by atoms with E-state index < -0.39 is 18.5 Å². The maximum atomic E-state index is 11.7. The number of anilines is 1. The molecular weight excluding hydrogens is 399 g/mol. The number of halogens is 1. The molecule has 0 aliphatic carbocycles. The number of hydrogen-bond donors (Lipinski definition) is 1. The van der Waals surface area contributed by atoms with Gasteiger partial charge >= 0.3 is 5.97 Å². The molecule has 1 aromatic heterocycles. The van der Waals surface area contributed by atoms with E-state index in [-0.39, 0.29) is 12.1 Å². The monoisotopic (exact) mass is 412 g/mol. The van der Waals surface area contributed by atoms with Gasteiger partial charge in [-0.25, -0.2) is 0 Å². The number of amides is 1. The van der Waals surface area contributed by atoms with Gasteiger partial charge in [-0.05, 0) is 46.9 Å². The van der Waals surface area contributed by atoms with E-state index in [0.29, 0.717) is 5.69 Å². The second kappa shape index (κ2) is 7.74. The van der Waals surface area contributed by atoms with Crippen LogP contribution in [0.1, 0.15) is 0 Å². The van der Waals surface area contributed by atoms with E-state index in [1.807, 2.05) is 12.1 Å². The first-order chi connectivity index (χ1) is 10.5. The molecule has 0 saturated carbocycles. The Morgan fingerprint density at radius 3 is 2.73 bits per heavy atom. The van der Waals surface area contributed by atoms with E-state index >= 15 is 0 Å². The van der Waals surface area contributed by atoms with Gasteiger partial charge in [0.15, 0.2) is 6.61 Å². The maximum Gasteiger partial charge on any atom is 0.326 e. The number of rotatable bonds is 5. The summed E-state index contributed by atoms with van der Waals surface area (Å²) < 4.78 is 7.04. The second-order valence-corrected chi connectivity index (χ2v) is 5.63. The number of carbonyl (C=O) groups is 2. The Kier molecular flexibility index (Phi) is 5.70. The van der Waals surface area contributed by atoms with Crippen molar-refractivity contribution in [2.45, 2.75) is 6.54 Å². The third-order valence-electron chi connectivity index (χ3n) is 2.67. The number of ether oxygens (including phenoxy) is 1. The zero-order chi connectivity index (χ0) is 15.9. The smallest absolute Gasteiger partial charge is 0.326 e. The predicted octanol–water partition coefficient (Wildman–Crippen LogP) is 1.63. The lowest BCUT2D eigenvalue weighted by molar-refractivity contribution is -0.147. The number of aromatic nitrogens is 1. The Bertz CT molecular complexity index is 742. The first kappa shape index (κ1) is 16.2. The van der Waals surface area contributed by atoms with E-state index in [2.05, 4.69) is 27.9 Å². The lowest BCUT2D eigenvalue weighted by Crippen LogP contribution is -2.26. The Balaban J connectivity index is 1.82. The van der Waals surface area contributed by atoms with Crippen LogP contribution in [0.3, 0.4) is 0 Å². The molecular formula is C15H13IN2O4. The number of hydrogen-bond acceptors (Lipinski definition) is 4. The van der Waals surface area contributed by atoms with Crippen LogP contribution in [-0.2, 0) is 20.9 Å². The number of nitrogens with one attached hydrogen (secondary N) is 1. The van der Waals surface area contributed by atoms with Crippen LogP contribution in [-0.4, -0.2) is 23.1 Å². The molecule has 0 radical (unpaired) electrons. The lowest BCUT2D eigenvalue weighted by Gasteiger charge is -2.08. The number of nitrogens with zero attached hydrogens (tertiary/aromatic N) is 1. The summed E-state index contributed by atoms with van der Waals surface area (Å²) >= 11 is 2.13.